The summed E-state index contributed by atoms with van der Waals surface area (Å²) in [4.78, 5) is 14.8. The van der Waals surface area contributed by atoms with Gasteiger partial charge in [0.2, 0.25) is 0 Å². The molecular formula is C18H22N6O. The molecule has 7 nitrogen and oxygen atoms in total. The zero-order chi connectivity index (χ0) is 17.6. The van der Waals surface area contributed by atoms with Crippen molar-refractivity contribution in [2.24, 2.45) is 0 Å². The van der Waals surface area contributed by atoms with Crippen LogP contribution in [0.1, 0.15) is 46.2 Å². The van der Waals surface area contributed by atoms with E-state index in [1.165, 1.54) is 0 Å². The maximum atomic E-state index is 12.9. The molecule has 130 valence electrons. The first-order valence-corrected chi connectivity index (χ1v) is 8.54. The highest BCUT2D eigenvalue weighted by Crippen LogP contribution is 2.26. The lowest BCUT2D eigenvalue weighted by Crippen LogP contribution is -2.40. The van der Waals surface area contributed by atoms with Crippen LogP contribution in [-0.2, 0) is 13.1 Å². The lowest BCUT2D eigenvalue weighted by atomic mass is 10.1. The smallest absolute Gasteiger partial charge is 0.274 e. The summed E-state index contributed by atoms with van der Waals surface area (Å²) in [5, 5.41) is 11.7. The number of rotatable bonds is 3. The molecule has 7 heteroatoms. The summed E-state index contributed by atoms with van der Waals surface area (Å²) in [6.45, 7) is 8.15. The number of aromatic nitrogens is 5. The first kappa shape index (κ1) is 15.7. The molecule has 1 N–H and O–H groups in total. The van der Waals surface area contributed by atoms with Crippen LogP contribution in [0.25, 0.3) is 0 Å². The molecule has 0 saturated heterocycles. The Balaban J connectivity index is 1.52. The molecule has 4 heterocycles. The molecule has 1 aliphatic heterocycles. The van der Waals surface area contributed by atoms with Gasteiger partial charge in [0.15, 0.2) is 5.69 Å². The molecule has 0 spiro atoms. The fourth-order valence-corrected chi connectivity index (χ4v) is 3.55. The van der Waals surface area contributed by atoms with Gasteiger partial charge in [-0.15, -0.1) is 0 Å². The quantitative estimate of drug-likeness (QED) is 0.796. The summed E-state index contributed by atoms with van der Waals surface area (Å²) in [5.41, 5.74) is 4.58. The molecule has 3 aromatic heterocycles. The van der Waals surface area contributed by atoms with Gasteiger partial charge in [0.1, 0.15) is 0 Å². The van der Waals surface area contributed by atoms with E-state index >= 15 is 0 Å². The SMILES string of the molecule is Cc1cc(C)n(Cc2cc(C(=O)N3CCn4cccc4C3C)n[nH]2)n1. The number of nitrogens with zero attached hydrogens (tertiary/aromatic N) is 5. The van der Waals surface area contributed by atoms with E-state index in [0.717, 1.165) is 29.3 Å². The Bertz CT molecular complexity index is 918. The van der Waals surface area contributed by atoms with Gasteiger partial charge in [-0.25, -0.2) is 0 Å². The van der Waals surface area contributed by atoms with Gasteiger partial charge in [-0.2, -0.15) is 10.2 Å². The normalized spacial score (nSPS) is 16.9. The first-order valence-electron chi connectivity index (χ1n) is 8.54. The van der Waals surface area contributed by atoms with Crippen LogP contribution in [0, 0.1) is 13.8 Å². The first-order chi connectivity index (χ1) is 12.0. The molecule has 1 unspecified atom stereocenters. The van der Waals surface area contributed by atoms with E-state index in [2.05, 4.69) is 39.1 Å². The Morgan fingerprint density at radius 3 is 2.92 bits per heavy atom. The zero-order valence-corrected chi connectivity index (χ0v) is 14.7. The minimum atomic E-state index is -0.0317. The maximum Gasteiger partial charge on any atom is 0.274 e. The summed E-state index contributed by atoms with van der Waals surface area (Å²) < 4.78 is 4.11. The second-order valence-corrected chi connectivity index (χ2v) is 6.66. The second-order valence-electron chi connectivity index (χ2n) is 6.66. The predicted molar refractivity (Wildman–Crippen MR) is 93.3 cm³/mol. The van der Waals surface area contributed by atoms with Crippen molar-refractivity contribution >= 4 is 5.91 Å². The molecule has 1 amide bonds. The predicted octanol–water partition coefficient (Wildman–Crippen LogP) is 2.29. The standard InChI is InChI=1S/C18H22N6O/c1-12-9-13(2)24(21-12)11-15-10-16(20-19-15)18(25)23-8-7-22-6-4-5-17(22)14(23)3/h4-6,9-10,14H,7-8,11H2,1-3H3,(H,19,20). The van der Waals surface area contributed by atoms with Crippen molar-refractivity contribution in [2.45, 2.75) is 39.9 Å². The van der Waals surface area contributed by atoms with Crippen molar-refractivity contribution in [3.05, 3.63) is 58.9 Å². The van der Waals surface area contributed by atoms with Gasteiger partial charge >= 0.3 is 0 Å². The number of nitrogens with one attached hydrogen (secondary N) is 1. The lowest BCUT2D eigenvalue weighted by Gasteiger charge is -2.34. The van der Waals surface area contributed by atoms with Crippen LogP contribution < -0.4 is 0 Å². The second kappa shape index (κ2) is 5.91. The molecule has 1 atom stereocenters. The highest BCUT2D eigenvalue weighted by molar-refractivity contribution is 5.92. The van der Waals surface area contributed by atoms with Crippen molar-refractivity contribution in [3.8, 4) is 0 Å². The van der Waals surface area contributed by atoms with Gasteiger partial charge in [-0.05, 0) is 45.0 Å². The molecule has 0 radical (unpaired) electrons. The summed E-state index contributed by atoms with van der Waals surface area (Å²) in [6.07, 6.45) is 2.06. The molecule has 25 heavy (non-hydrogen) atoms. The Hall–Kier alpha value is -2.83. The molecular weight excluding hydrogens is 316 g/mol. The monoisotopic (exact) mass is 338 g/mol. The minimum Gasteiger partial charge on any atom is -0.348 e. The van der Waals surface area contributed by atoms with Gasteiger partial charge in [0, 0.05) is 30.7 Å². The van der Waals surface area contributed by atoms with E-state index < -0.39 is 0 Å². The third-order valence-corrected chi connectivity index (χ3v) is 4.88. The van der Waals surface area contributed by atoms with E-state index in [4.69, 9.17) is 0 Å². The van der Waals surface area contributed by atoms with Crippen molar-refractivity contribution in [1.29, 1.82) is 0 Å². The molecule has 0 fully saturated rings. The molecule has 0 bridgehead atoms. The summed E-state index contributed by atoms with van der Waals surface area (Å²) >= 11 is 0. The van der Waals surface area contributed by atoms with Crippen LogP contribution in [-0.4, -0.2) is 41.9 Å². The van der Waals surface area contributed by atoms with Crippen LogP contribution in [0.5, 0.6) is 0 Å². The van der Waals surface area contributed by atoms with Crippen LogP contribution in [0.4, 0.5) is 0 Å². The fourth-order valence-electron chi connectivity index (χ4n) is 3.55. The summed E-state index contributed by atoms with van der Waals surface area (Å²) in [6, 6.07) is 8.02. The van der Waals surface area contributed by atoms with Crippen LogP contribution in [0.2, 0.25) is 0 Å². The number of hydrogen-bond donors (Lipinski definition) is 1. The van der Waals surface area contributed by atoms with Gasteiger partial charge in [-0.3, -0.25) is 14.6 Å². The average Bonchev–Trinajstić information content (AvgIpc) is 3.28. The Morgan fingerprint density at radius 2 is 2.16 bits per heavy atom. The minimum absolute atomic E-state index is 0.0317. The third kappa shape index (κ3) is 2.75. The van der Waals surface area contributed by atoms with Crippen molar-refractivity contribution in [1.82, 2.24) is 29.4 Å². The van der Waals surface area contributed by atoms with Gasteiger partial charge < -0.3 is 9.47 Å². The molecule has 4 rings (SSSR count). The van der Waals surface area contributed by atoms with Gasteiger partial charge in [0.05, 0.1) is 24.0 Å². The number of H-pyrrole nitrogens is 1. The Labute approximate surface area is 146 Å². The third-order valence-electron chi connectivity index (χ3n) is 4.88. The van der Waals surface area contributed by atoms with Crippen LogP contribution in [0.15, 0.2) is 30.5 Å². The number of carbonyl (C=O) groups is 1. The van der Waals surface area contributed by atoms with E-state index in [-0.39, 0.29) is 11.9 Å². The van der Waals surface area contributed by atoms with Crippen molar-refractivity contribution < 1.29 is 4.79 Å². The van der Waals surface area contributed by atoms with Crippen LogP contribution in [0.3, 0.4) is 0 Å². The van der Waals surface area contributed by atoms with Gasteiger partial charge in [-0.1, -0.05) is 0 Å². The summed E-state index contributed by atoms with van der Waals surface area (Å²) in [5.74, 6) is -0.0317. The molecule has 0 aromatic carbocycles. The zero-order valence-electron chi connectivity index (χ0n) is 14.7. The van der Waals surface area contributed by atoms with E-state index in [9.17, 15) is 4.79 Å². The number of aryl methyl sites for hydroxylation is 2. The molecule has 1 aliphatic rings. The molecule has 0 aliphatic carbocycles. The number of amides is 1. The van der Waals surface area contributed by atoms with Gasteiger partial charge in [0.25, 0.3) is 5.91 Å². The Morgan fingerprint density at radius 1 is 1.32 bits per heavy atom. The highest BCUT2D eigenvalue weighted by Gasteiger charge is 2.29. The topological polar surface area (TPSA) is 71.7 Å². The molecule has 3 aromatic rings. The van der Waals surface area contributed by atoms with E-state index in [1.54, 1.807) is 0 Å². The number of fused-ring (bicyclic) bond motifs is 1. The van der Waals surface area contributed by atoms with E-state index in [0.29, 0.717) is 18.8 Å². The van der Waals surface area contributed by atoms with Crippen molar-refractivity contribution in [3.63, 3.8) is 0 Å². The Kier molecular flexibility index (Phi) is 3.71. The molecule has 0 saturated carbocycles. The fraction of sp³-hybridized carbons (Fsp3) is 0.389. The maximum absolute atomic E-state index is 12.9. The largest absolute Gasteiger partial charge is 0.348 e. The van der Waals surface area contributed by atoms with Crippen LogP contribution >= 0.6 is 0 Å². The lowest BCUT2D eigenvalue weighted by molar-refractivity contribution is 0.0638. The highest BCUT2D eigenvalue weighted by atomic mass is 16.2. The average molecular weight is 338 g/mol. The van der Waals surface area contributed by atoms with Crippen molar-refractivity contribution in [2.75, 3.05) is 6.54 Å². The van der Waals surface area contributed by atoms with E-state index in [1.807, 2.05) is 41.6 Å². The number of hydrogen-bond acceptors (Lipinski definition) is 3. The number of aromatic amines is 1. The number of carbonyl (C=O) groups excluding carboxylic acids is 1. The summed E-state index contributed by atoms with van der Waals surface area (Å²) in [7, 11) is 0.